The van der Waals surface area contributed by atoms with Crippen molar-refractivity contribution >= 4 is 18.5 Å². The smallest absolute Gasteiger partial charge is 0.449 e. The Balaban J connectivity index is 0. The predicted molar refractivity (Wildman–Crippen MR) is 82.4 cm³/mol. The van der Waals surface area contributed by atoms with Crippen molar-refractivity contribution in [1.82, 2.24) is 0 Å². The van der Waals surface area contributed by atoms with Gasteiger partial charge in [-0.05, 0) is 48.0 Å². The molecule has 0 aromatic heterocycles. The van der Waals surface area contributed by atoms with Crippen LogP contribution in [-0.2, 0) is 18.9 Å². The molecule has 23 heavy (non-hydrogen) atoms. The van der Waals surface area contributed by atoms with Gasteiger partial charge in [0.1, 0.15) is 11.2 Å². The molecule has 0 aromatic carbocycles. The summed E-state index contributed by atoms with van der Waals surface area (Å²) in [6.07, 6.45) is -1.85. The fourth-order valence-electron chi connectivity index (χ4n) is 0.921. The van der Waals surface area contributed by atoms with E-state index in [1.807, 2.05) is 6.92 Å². The van der Waals surface area contributed by atoms with Gasteiger partial charge >= 0.3 is 18.5 Å². The molecule has 0 saturated heterocycles. The first-order chi connectivity index (χ1) is 10.3. The summed E-state index contributed by atoms with van der Waals surface area (Å²) in [6, 6.07) is 0. The van der Waals surface area contributed by atoms with E-state index in [1.54, 1.807) is 41.5 Å². The van der Waals surface area contributed by atoms with E-state index in [4.69, 9.17) is 14.6 Å². The monoisotopic (exact) mass is 336 g/mol. The van der Waals surface area contributed by atoms with E-state index in [-0.39, 0.29) is 6.61 Å². The van der Waals surface area contributed by atoms with E-state index < -0.39 is 29.7 Å². The van der Waals surface area contributed by atoms with Gasteiger partial charge in [-0.2, -0.15) is 0 Å². The average Bonchev–Trinajstić information content (AvgIpc) is 2.23. The standard InChI is InChI=1S/C9H18O3.C6H10O5/c1-8(2,3)11-7(10)12-9(4,5)6;1-2-3-4-10-6(9)11-5(7)8/h1-6H3;2-4H2,1H3,(H,7,8). The number of carbonyl (C=O) groups excluding carboxylic acids is 2. The maximum Gasteiger partial charge on any atom is 0.518 e. The van der Waals surface area contributed by atoms with Crippen molar-refractivity contribution in [3.8, 4) is 0 Å². The zero-order valence-electron chi connectivity index (χ0n) is 14.9. The molecule has 0 bridgehead atoms. The van der Waals surface area contributed by atoms with Crippen molar-refractivity contribution in [1.29, 1.82) is 0 Å². The van der Waals surface area contributed by atoms with E-state index in [1.165, 1.54) is 0 Å². The van der Waals surface area contributed by atoms with Crippen LogP contribution in [0.25, 0.3) is 0 Å². The predicted octanol–water partition coefficient (Wildman–Crippen LogP) is 4.35. The normalized spacial score (nSPS) is 10.7. The molecule has 1 N–H and O–H groups in total. The maximum atomic E-state index is 11.0. The molecule has 0 rings (SSSR count). The fraction of sp³-hybridized carbons (Fsp3) is 0.800. The van der Waals surface area contributed by atoms with E-state index in [0.717, 1.165) is 6.42 Å². The van der Waals surface area contributed by atoms with Crippen LogP contribution >= 0.6 is 0 Å². The lowest BCUT2D eigenvalue weighted by Gasteiger charge is -2.24. The summed E-state index contributed by atoms with van der Waals surface area (Å²) in [5.41, 5.74) is -0.968. The lowest BCUT2D eigenvalue weighted by Crippen LogP contribution is -2.30. The van der Waals surface area contributed by atoms with Crippen LogP contribution < -0.4 is 0 Å². The van der Waals surface area contributed by atoms with Crippen LogP contribution in [0.5, 0.6) is 0 Å². The molecule has 8 heteroatoms. The molecule has 0 aliphatic rings. The highest BCUT2D eigenvalue weighted by Gasteiger charge is 2.22. The van der Waals surface area contributed by atoms with E-state index in [0.29, 0.717) is 6.42 Å². The van der Waals surface area contributed by atoms with E-state index in [9.17, 15) is 14.4 Å². The third kappa shape index (κ3) is 22.4. The molecule has 0 heterocycles. The van der Waals surface area contributed by atoms with Crippen LogP contribution in [-0.4, -0.2) is 41.4 Å². The summed E-state index contributed by atoms with van der Waals surface area (Å²) >= 11 is 0. The van der Waals surface area contributed by atoms with Crippen LogP contribution in [0, 0.1) is 0 Å². The molecule has 8 nitrogen and oxygen atoms in total. The van der Waals surface area contributed by atoms with Crippen molar-refractivity contribution in [3.05, 3.63) is 0 Å². The summed E-state index contributed by atoms with van der Waals surface area (Å²) in [6.45, 7) is 12.9. The second-order valence-corrected chi connectivity index (χ2v) is 6.50. The van der Waals surface area contributed by atoms with E-state index >= 15 is 0 Å². The Bertz CT molecular complexity index is 358. The van der Waals surface area contributed by atoms with Gasteiger partial charge in [0, 0.05) is 0 Å². The molecule has 0 spiro atoms. The maximum absolute atomic E-state index is 11.0. The zero-order valence-corrected chi connectivity index (χ0v) is 14.9. The van der Waals surface area contributed by atoms with Crippen LogP contribution in [0.3, 0.4) is 0 Å². The SMILES string of the molecule is CC(C)(C)OC(=O)OC(C)(C)C.CCCCOC(=O)OC(=O)O. The van der Waals surface area contributed by atoms with Crippen LogP contribution in [0.15, 0.2) is 0 Å². The van der Waals surface area contributed by atoms with Gasteiger partial charge in [-0.3, -0.25) is 0 Å². The van der Waals surface area contributed by atoms with Gasteiger partial charge in [0.2, 0.25) is 0 Å². The van der Waals surface area contributed by atoms with Crippen molar-refractivity contribution in [2.45, 2.75) is 72.5 Å². The quantitative estimate of drug-likeness (QED) is 0.460. The van der Waals surface area contributed by atoms with Gasteiger partial charge in [0.25, 0.3) is 0 Å². The molecular formula is C15H28O8. The summed E-state index contributed by atoms with van der Waals surface area (Å²) in [7, 11) is 0. The first kappa shape index (κ1) is 23.3. The Hall–Kier alpha value is -1.99. The molecule has 0 saturated carbocycles. The van der Waals surface area contributed by atoms with Gasteiger partial charge in [-0.1, -0.05) is 13.3 Å². The molecule has 0 unspecified atom stereocenters. The lowest BCUT2D eigenvalue weighted by atomic mass is 10.2. The number of hydrogen-bond acceptors (Lipinski definition) is 7. The highest BCUT2D eigenvalue weighted by atomic mass is 16.8. The molecule has 0 radical (unpaired) electrons. The Morgan fingerprint density at radius 3 is 1.61 bits per heavy atom. The zero-order chi connectivity index (χ0) is 18.7. The molecular weight excluding hydrogens is 308 g/mol. The van der Waals surface area contributed by atoms with Gasteiger partial charge < -0.3 is 24.1 Å². The Morgan fingerprint density at radius 2 is 1.30 bits per heavy atom. The second-order valence-electron chi connectivity index (χ2n) is 6.50. The minimum atomic E-state index is -1.65. The minimum Gasteiger partial charge on any atom is -0.449 e. The Kier molecular flexibility index (Phi) is 10.8. The van der Waals surface area contributed by atoms with Gasteiger partial charge in [0.05, 0.1) is 6.61 Å². The Labute approximate surface area is 137 Å². The summed E-state index contributed by atoms with van der Waals surface area (Å²) in [5.74, 6) is 0. The highest BCUT2D eigenvalue weighted by molar-refractivity contribution is 5.75. The number of ether oxygens (including phenoxy) is 4. The average molecular weight is 336 g/mol. The summed E-state index contributed by atoms with van der Waals surface area (Å²) < 4.78 is 17.9. The number of carbonyl (C=O) groups is 3. The molecule has 0 aliphatic heterocycles. The number of hydrogen-bond donors (Lipinski definition) is 1. The van der Waals surface area contributed by atoms with Crippen LogP contribution in [0.2, 0.25) is 0 Å². The molecule has 0 fully saturated rings. The molecule has 136 valence electrons. The molecule has 0 aromatic rings. The topological polar surface area (TPSA) is 108 Å². The first-order valence-electron chi connectivity index (χ1n) is 7.26. The third-order valence-electron chi connectivity index (χ3n) is 1.67. The van der Waals surface area contributed by atoms with Gasteiger partial charge in [-0.25, -0.2) is 14.4 Å². The second kappa shape index (κ2) is 10.7. The summed E-state index contributed by atoms with van der Waals surface area (Å²) in [5, 5.41) is 7.92. The number of carboxylic acid groups (broad SMARTS) is 1. The first-order valence-corrected chi connectivity index (χ1v) is 7.26. The largest absolute Gasteiger partial charge is 0.518 e. The van der Waals surface area contributed by atoms with Gasteiger partial charge in [0.15, 0.2) is 0 Å². The van der Waals surface area contributed by atoms with Crippen LogP contribution in [0.1, 0.15) is 61.3 Å². The fourth-order valence-corrected chi connectivity index (χ4v) is 0.921. The molecule has 0 aliphatic carbocycles. The van der Waals surface area contributed by atoms with Crippen molar-refractivity contribution in [2.75, 3.05) is 6.61 Å². The van der Waals surface area contributed by atoms with Crippen molar-refractivity contribution in [3.63, 3.8) is 0 Å². The molecule has 0 amide bonds. The van der Waals surface area contributed by atoms with Gasteiger partial charge in [-0.15, -0.1) is 0 Å². The minimum absolute atomic E-state index is 0.197. The van der Waals surface area contributed by atoms with Crippen molar-refractivity contribution in [2.24, 2.45) is 0 Å². The summed E-state index contributed by atoms with van der Waals surface area (Å²) in [4.78, 5) is 31.1. The Morgan fingerprint density at radius 1 is 0.870 bits per heavy atom. The lowest BCUT2D eigenvalue weighted by molar-refractivity contribution is -0.0468. The van der Waals surface area contributed by atoms with E-state index in [2.05, 4.69) is 9.47 Å². The highest BCUT2D eigenvalue weighted by Crippen LogP contribution is 2.13. The van der Waals surface area contributed by atoms with Crippen LogP contribution in [0.4, 0.5) is 14.4 Å². The van der Waals surface area contributed by atoms with Crippen molar-refractivity contribution < 1.29 is 38.4 Å². The third-order valence-corrected chi connectivity index (χ3v) is 1.67. The molecule has 0 atom stereocenters. The number of rotatable bonds is 3. The number of unbranched alkanes of at least 4 members (excludes halogenated alkanes) is 1.